The normalized spacial score (nSPS) is 11.7. The maximum atomic E-state index is 12.1. The molecular formula is C17H19NO3S. The third kappa shape index (κ3) is 4.70. The minimum absolute atomic E-state index is 0.247. The zero-order chi connectivity index (χ0) is 15.8. The quantitative estimate of drug-likeness (QED) is 0.799. The van der Waals surface area contributed by atoms with Crippen molar-refractivity contribution in [1.82, 2.24) is 5.32 Å². The van der Waals surface area contributed by atoms with Crippen molar-refractivity contribution in [2.24, 2.45) is 0 Å². The van der Waals surface area contributed by atoms with Crippen LogP contribution in [0.2, 0.25) is 0 Å². The predicted octanol–water partition coefficient (Wildman–Crippen LogP) is 3.04. The summed E-state index contributed by atoms with van der Waals surface area (Å²) < 4.78 is 5.27. The van der Waals surface area contributed by atoms with Gasteiger partial charge in [-0.1, -0.05) is 43.3 Å². The highest BCUT2D eigenvalue weighted by atomic mass is 32.1. The Morgan fingerprint density at radius 2 is 1.95 bits per heavy atom. The molecule has 1 unspecified atom stereocenters. The number of esters is 1. The van der Waals surface area contributed by atoms with Gasteiger partial charge in [0.15, 0.2) is 6.10 Å². The fourth-order valence-corrected chi connectivity index (χ4v) is 2.60. The van der Waals surface area contributed by atoms with Crippen LogP contribution in [-0.4, -0.2) is 24.5 Å². The molecule has 0 aliphatic rings. The highest BCUT2D eigenvalue weighted by Crippen LogP contribution is 2.12. The van der Waals surface area contributed by atoms with E-state index in [1.54, 1.807) is 17.5 Å². The van der Waals surface area contributed by atoms with E-state index in [9.17, 15) is 9.59 Å². The molecule has 0 spiro atoms. The Morgan fingerprint density at radius 3 is 2.59 bits per heavy atom. The van der Waals surface area contributed by atoms with Gasteiger partial charge in [-0.3, -0.25) is 4.79 Å². The fourth-order valence-electron chi connectivity index (χ4n) is 1.99. The van der Waals surface area contributed by atoms with Crippen LogP contribution in [0.3, 0.4) is 0 Å². The Labute approximate surface area is 134 Å². The smallest absolute Gasteiger partial charge is 0.349 e. The standard InChI is InChI=1S/C17H19NO3S/c1-2-14(21-17(20)15-9-6-12-22-15)16(19)18-11-10-13-7-4-3-5-8-13/h3-9,12,14H,2,10-11H2,1H3,(H,18,19). The summed E-state index contributed by atoms with van der Waals surface area (Å²) in [6.07, 6.45) is 0.460. The number of benzene rings is 1. The van der Waals surface area contributed by atoms with Gasteiger partial charge in [-0.05, 0) is 29.9 Å². The van der Waals surface area contributed by atoms with Crippen molar-refractivity contribution in [1.29, 1.82) is 0 Å². The van der Waals surface area contributed by atoms with Gasteiger partial charge in [0.2, 0.25) is 0 Å². The van der Waals surface area contributed by atoms with E-state index in [0.717, 1.165) is 12.0 Å². The molecule has 0 aliphatic heterocycles. The first-order valence-electron chi connectivity index (χ1n) is 7.27. The number of nitrogens with one attached hydrogen (secondary N) is 1. The molecule has 2 aromatic rings. The van der Waals surface area contributed by atoms with Crippen LogP contribution >= 0.6 is 11.3 Å². The van der Waals surface area contributed by atoms with Gasteiger partial charge in [0.05, 0.1) is 0 Å². The summed E-state index contributed by atoms with van der Waals surface area (Å²) in [5.41, 5.74) is 1.16. The summed E-state index contributed by atoms with van der Waals surface area (Å²) in [5, 5.41) is 4.62. The monoisotopic (exact) mass is 317 g/mol. The van der Waals surface area contributed by atoms with Crippen LogP contribution in [0.25, 0.3) is 0 Å². The second-order valence-corrected chi connectivity index (χ2v) is 5.75. The Bertz CT molecular complexity index is 596. The molecule has 0 saturated carbocycles. The van der Waals surface area contributed by atoms with Crippen LogP contribution in [0.4, 0.5) is 0 Å². The van der Waals surface area contributed by atoms with Crippen LogP contribution < -0.4 is 5.32 Å². The summed E-state index contributed by atoms with van der Waals surface area (Å²) >= 11 is 1.30. The molecule has 0 fully saturated rings. The Balaban J connectivity index is 1.80. The fraction of sp³-hybridized carbons (Fsp3) is 0.294. The lowest BCUT2D eigenvalue weighted by atomic mass is 10.1. The topological polar surface area (TPSA) is 55.4 Å². The second kappa shape index (κ2) is 8.34. The lowest BCUT2D eigenvalue weighted by molar-refractivity contribution is -0.130. The second-order valence-electron chi connectivity index (χ2n) is 4.81. The van der Waals surface area contributed by atoms with Crippen molar-refractivity contribution < 1.29 is 14.3 Å². The predicted molar refractivity (Wildman–Crippen MR) is 87.0 cm³/mol. The van der Waals surface area contributed by atoms with Crippen molar-refractivity contribution >= 4 is 23.2 Å². The van der Waals surface area contributed by atoms with Gasteiger partial charge >= 0.3 is 5.97 Å². The van der Waals surface area contributed by atoms with Gasteiger partial charge < -0.3 is 10.1 Å². The van der Waals surface area contributed by atoms with E-state index in [2.05, 4.69) is 5.32 Å². The van der Waals surface area contributed by atoms with Gasteiger partial charge in [0.25, 0.3) is 5.91 Å². The van der Waals surface area contributed by atoms with E-state index in [1.807, 2.05) is 37.3 Å². The molecule has 0 radical (unpaired) electrons. The highest BCUT2D eigenvalue weighted by Gasteiger charge is 2.21. The zero-order valence-electron chi connectivity index (χ0n) is 12.5. The summed E-state index contributed by atoms with van der Waals surface area (Å²) in [6.45, 7) is 2.35. The molecule has 1 aromatic heterocycles. The number of amides is 1. The highest BCUT2D eigenvalue weighted by molar-refractivity contribution is 7.11. The van der Waals surface area contributed by atoms with Crippen LogP contribution in [0.15, 0.2) is 47.8 Å². The molecule has 4 nitrogen and oxygen atoms in total. The lowest BCUT2D eigenvalue weighted by Gasteiger charge is -2.15. The first-order chi connectivity index (χ1) is 10.7. The summed E-state index contributed by atoms with van der Waals surface area (Å²) in [5.74, 6) is -0.691. The molecule has 1 heterocycles. The van der Waals surface area contributed by atoms with Gasteiger partial charge in [-0.25, -0.2) is 4.79 Å². The molecule has 0 bridgehead atoms. The molecule has 1 N–H and O–H groups in total. The molecule has 1 atom stereocenters. The largest absolute Gasteiger partial charge is 0.448 e. The summed E-state index contributed by atoms with van der Waals surface area (Å²) in [4.78, 5) is 24.5. The first kappa shape index (κ1) is 16.2. The third-order valence-corrected chi connectivity index (χ3v) is 4.04. The molecule has 0 saturated heterocycles. The average Bonchev–Trinajstić information content (AvgIpc) is 3.08. The van der Waals surface area contributed by atoms with Gasteiger partial charge in [-0.15, -0.1) is 11.3 Å². The molecule has 0 aliphatic carbocycles. The number of hydrogen-bond acceptors (Lipinski definition) is 4. The van der Waals surface area contributed by atoms with Crippen molar-refractivity contribution in [2.45, 2.75) is 25.9 Å². The van der Waals surface area contributed by atoms with E-state index < -0.39 is 12.1 Å². The van der Waals surface area contributed by atoms with Crippen LogP contribution in [-0.2, 0) is 16.0 Å². The Hall–Kier alpha value is -2.14. The van der Waals surface area contributed by atoms with Gasteiger partial charge in [-0.2, -0.15) is 0 Å². The van der Waals surface area contributed by atoms with E-state index >= 15 is 0 Å². The van der Waals surface area contributed by atoms with Gasteiger partial charge in [0.1, 0.15) is 4.88 Å². The molecule has 1 amide bonds. The minimum Gasteiger partial charge on any atom is -0.448 e. The molecule has 1 aromatic carbocycles. The third-order valence-electron chi connectivity index (χ3n) is 3.19. The number of thiophene rings is 1. The number of rotatable bonds is 7. The maximum absolute atomic E-state index is 12.1. The van der Waals surface area contributed by atoms with Crippen LogP contribution in [0.5, 0.6) is 0 Å². The number of hydrogen-bond donors (Lipinski definition) is 1. The molecular weight excluding hydrogens is 298 g/mol. The molecule has 22 heavy (non-hydrogen) atoms. The molecule has 5 heteroatoms. The number of ether oxygens (including phenoxy) is 1. The van der Waals surface area contributed by atoms with Crippen molar-refractivity contribution in [3.63, 3.8) is 0 Å². The minimum atomic E-state index is -0.745. The zero-order valence-corrected chi connectivity index (χ0v) is 13.3. The first-order valence-corrected chi connectivity index (χ1v) is 8.14. The van der Waals surface area contributed by atoms with E-state index in [-0.39, 0.29) is 5.91 Å². The maximum Gasteiger partial charge on any atom is 0.349 e. The van der Waals surface area contributed by atoms with Crippen molar-refractivity contribution in [3.8, 4) is 0 Å². The lowest BCUT2D eigenvalue weighted by Crippen LogP contribution is -2.38. The Morgan fingerprint density at radius 1 is 1.18 bits per heavy atom. The number of carbonyl (C=O) groups excluding carboxylic acids is 2. The Kier molecular flexibility index (Phi) is 6.15. The van der Waals surface area contributed by atoms with Crippen molar-refractivity contribution in [3.05, 3.63) is 58.3 Å². The summed E-state index contributed by atoms with van der Waals surface area (Å²) in [6, 6.07) is 13.4. The van der Waals surface area contributed by atoms with Crippen molar-refractivity contribution in [2.75, 3.05) is 6.54 Å². The molecule has 2 rings (SSSR count). The van der Waals surface area contributed by atoms with Crippen LogP contribution in [0, 0.1) is 0 Å². The average molecular weight is 317 g/mol. The van der Waals surface area contributed by atoms with Gasteiger partial charge in [0, 0.05) is 6.54 Å². The van der Waals surface area contributed by atoms with Crippen LogP contribution in [0.1, 0.15) is 28.6 Å². The summed E-state index contributed by atoms with van der Waals surface area (Å²) in [7, 11) is 0. The SMILES string of the molecule is CCC(OC(=O)c1cccs1)C(=O)NCCc1ccccc1. The number of carbonyl (C=O) groups is 2. The molecule has 116 valence electrons. The van der Waals surface area contributed by atoms with E-state index in [4.69, 9.17) is 4.74 Å². The van der Waals surface area contributed by atoms with E-state index in [0.29, 0.717) is 17.8 Å². The van der Waals surface area contributed by atoms with E-state index in [1.165, 1.54) is 11.3 Å².